The molecule has 0 unspecified atom stereocenters. The number of pyridine rings is 1. The van der Waals surface area contributed by atoms with E-state index in [1.807, 2.05) is 0 Å². The lowest BCUT2D eigenvalue weighted by atomic mass is 10.2. The fraction of sp³-hybridized carbons (Fsp3) is 0.364. The first-order valence-corrected chi connectivity index (χ1v) is 5.15. The molecule has 0 aliphatic carbocycles. The van der Waals surface area contributed by atoms with Gasteiger partial charge in [0.05, 0.1) is 0 Å². The smallest absolute Gasteiger partial charge is 0.413 e. The lowest BCUT2D eigenvalue weighted by Gasteiger charge is -2.19. The number of aromatic amines is 1. The van der Waals surface area contributed by atoms with Gasteiger partial charge in [0.1, 0.15) is 17.0 Å². The highest BCUT2D eigenvalue weighted by molar-refractivity contribution is 5.97. The second-order valence-electron chi connectivity index (χ2n) is 4.52. The fourth-order valence-electron chi connectivity index (χ4n) is 1.20. The number of aromatic nitrogens is 1. The van der Waals surface area contributed by atoms with Gasteiger partial charge in [-0.25, -0.2) is 9.59 Å². The first-order chi connectivity index (χ1) is 8.20. The van der Waals surface area contributed by atoms with Crippen molar-refractivity contribution in [1.82, 2.24) is 4.98 Å². The number of hydrogen-bond acceptors (Lipinski definition) is 4. The molecule has 0 aliphatic heterocycles. The molecule has 1 amide bonds. The molecule has 0 saturated carbocycles. The van der Waals surface area contributed by atoms with Crippen LogP contribution in [0.15, 0.2) is 17.1 Å². The number of anilines is 1. The highest BCUT2D eigenvalue weighted by atomic mass is 16.6. The summed E-state index contributed by atoms with van der Waals surface area (Å²) >= 11 is 0. The van der Waals surface area contributed by atoms with Crippen LogP contribution in [0.25, 0.3) is 0 Å². The zero-order valence-electron chi connectivity index (χ0n) is 10.2. The maximum atomic E-state index is 11.5. The maximum Gasteiger partial charge on any atom is 0.413 e. The number of hydrogen-bond donors (Lipinski definition) is 3. The zero-order valence-corrected chi connectivity index (χ0v) is 10.2. The molecule has 3 N–H and O–H groups in total. The van der Waals surface area contributed by atoms with E-state index < -0.39 is 28.7 Å². The summed E-state index contributed by atoms with van der Waals surface area (Å²) in [7, 11) is 0. The molecular weight excluding hydrogens is 240 g/mol. The van der Waals surface area contributed by atoms with Crippen LogP contribution in [0.4, 0.5) is 10.6 Å². The third kappa shape index (κ3) is 3.62. The number of amides is 1. The standard InChI is InChI=1S/C11H14N2O5/c1-11(2,3)18-10(17)13-8-7(9(15)16)6(14)4-5-12-8/h4-5H,1-3H3,(H,15,16)(H2,12,13,14,17). The van der Waals surface area contributed by atoms with E-state index in [-0.39, 0.29) is 5.82 Å². The van der Waals surface area contributed by atoms with Crippen LogP contribution in [0.5, 0.6) is 0 Å². The van der Waals surface area contributed by atoms with Crippen LogP contribution < -0.4 is 10.7 Å². The van der Waals surface area contributed by atoms with Crippen LogP contribution in [-0.4, -0.2) is 27.8 Å². The van der Waals surface area contributed by atoms with Gasteiger partial charge in [0.2, 0.25) is 0 Å². The summed E-state index contributed by atoms with van der Waals surface area (Å²) < 4.78 is 4.95. The maximum absolute atomic E-state index is 11.5. The Labute approximate surface area is 103 Å². The van der Waals surface area contributed by atoms with Gasteiger partial charge in [0, 0.05) is 12.3 Å². The van der Waals surface area contributed by atoms with Crippen molar-refractivity contribution in [2.75, 3.05) is 5.32 Å². The normalized spacial score (nSPS) is 10.8. The summed E-state index contributed by atoms with van der Waals surface area (Å²) in [5, 5.41) is 11.1. The monoisotopic (exact) mass is 254 g/mol. The Hall–Kier alpha value is -2.31. The lowest BCUT2D eigenvalue weighted by molar-refractivity contribution is 0.0635. The third-order valence-electron chi connectivity index (χ3n) is 1.80. The second kappa shape index (κ2) is 4.91. The summed E-state index contributed by atoms with van der Waals surface area (Å²) in [6, 6.07) is 1.06. The number of carbonyl (C=O) groups is 2. The van der Waals surface area contributed by atoms with Gasteiger partial charge in [0.15, 0.2) is 5.43 Å². The average Bonchev–Trinajstić information content (AvgIpc) is 2.13. The number of ether oxygens (including phenoxy) is 1. The minimum atomic E-state index is -1.43. The Morgan fingerprint density at radius 1 is 1.39 bits per heavy atom. The van der Waals surface area contributed by atoms with E-state index in [0.717, 1.165) is 6.07 Å². The van der Waals surface area contributed by atoms with E-state index in [1.54, 1.807) is 20.8 Å². The predicted molar refractivity (Wildman–Crippen MR) is 63.9 cm³/mol. The molecule has 0 bridgehead atoms. The van der Waals surface area contributed by atoms with Gasteiger partial charge < -0.3 is 14.8 Å². The molecule has 0 aliphatic rings. The highest BCUT2D eigenvalue weighted by Crippen LogP contribution is 2.11. The Morgan fingerprint density at radius 2 is 2.00 bits per heavy atom. The van der Waals surface area contributed by atoms with E-state index in [4.69, 9.17) is 9.84 Å². The van der Waals surface area contributed by atoms with Gasteiger partial charge in [-0.2, -0.15) is 0 Å². The minimum absolute atomic E-state index is 0.204. The number of carbonyl (C=O) groups excluding carboxylic acids is 1. The Morgan fingerprint density at radius 3 is 2.50 bits per heavy atom. The van der Waals surface area contributed by atoms with Crippen molar-refractivity contribution in [1.29, 1.82) is 0 Å². The van der Waals surface area contributed by atoms with Gasteiger partial charge in [0.25, 0.3) is 0 Å². The Kier molecular flexibility index (Phi) is 3.75. The first-order valence-electron chi connectivity index (χ1n) is 5.15. The topological polar surface area (TPSA) is 108 Å². The Bertz CT molecular complexity index is 527. The van der Waals surface area contributed by atoms with Gasteiger partial charge in [-0.1, -0.05) is 0 Å². The average molecular weight is 254 g/mol. The van der Waals surface area contributed by atoms with Crippen LogP contribution in [0.1, 0.15) is 31.1 Å². The van der Waals surface area contributed by atoms with Crippen LogP contribution >= 0.6 is 0 Å². The number of nitrogens with one attached hydrogen (secondary N) is 2. The third-order valence-corrected chi connectivity index (χ3v) is 1.80. The molecule has 0 spiro atoms. The van der Waals surface area contributed by atoms with Crippen LogP contribution in [0, 0.1) is 0 Å². The van der Waals surface area contributed by atoms with Crippen molar-refractivity contribution >= 4 is 17.9 Å². The summed E-state index contributed by atoms with van der Waals surface area (Å²) in [6.07, 6.45) is 0.397. The van der Waals surface area contributed by atoms with Crippen LogP contribution in [0.2, 0.25) is 0 Å². The van der Waals surface area contributed by atoms with Gasteiger partial charge in [-0.05, 0) is 20.8 Å². The molecule has 1 aromatic rings. The molecule has 98 valence electrons. The molecule has 0 saturated heterocycles. The van der Waals surface area contributed by atoms with Crippen LogP contribution in [0.3, 0.4) is 0 Å². The van der Waals surface area contributed by atoms with Gasteiger partial charge >= 0.3 is 12.1 Å². The van der Waals surface area contributed by atoms with E-state index in [2.05, 4.69) is 10.3 Å². The quantitative estimate of drug-likeness (QED) is 0.739. The second-order valence-corrected chi connectivity index (χ2v) is 4.52. The van der Waals surface area contributed by atoms with E-state index >= 15 is 0 Å². The van der Waals surface area contributed by atoms with E-state index in [0.29, 0.717) is 0 Å². The summed E-state index contributed by atoms with van der Waals surface area (Å²) in [4.78, 5) is 36.2. The van der Waals surface area contributed by atoms with Gasteiger partial charge in [-0.15, -0.1) is 0 Å². The van der Waals surface area contributed by atoms with E-state index in [9.17, 15) is 14.4 Å². The van der Waals surface area contributed by atoms with Crippen molar-refractivity contribution < 1.29 is 19.4 Å². The zero-order chi connectivity index (χ0) is 13.9. The van der Waals surface area contributed by atoms with Crippen molar-refractivity contribution in [3.63, 3.8) is 0 Å². The van der Waals surface area contributed by atoms with Crippen molar-refractivity contribution in [3.8, 4) is 0 Å². The molecule has 0 fully saturated rings. The fourth-order valence-corrected chi connectivity index (χ4v) is 1.20. The number of carboxylic acid groups (broad SMARTS) is 1. The van der Waals surface area contributed by atoms with Crippen molar-refractivity contribution in [2.45, 2.75) is 26.4 Å². The molecule has 1 aromatic heterocycles. The first kappa shape index (κ1) is 13.8. The molecule has 0 atom stereocenters. The molecular formula is C11H14N2O5. The SMILES string of the molecule is CC(C)(C)OC(=O)Nc1[nH]ccc(=O)c1C(=O)O. The molecule has 1 rings (SSSR count). The minimum Gasteiger partial charge on any atom is -0.477 e. The molecule has 7 nitrogen and oxygen atoms in total. The van der Waals surface area contributed by atoms with Gasteiger partial charge in [-0.3, -0.25) is 10.1 Å². The highest BCUT2D eigenvalue weighted by Gasteiger charge is 2.20. The number of H-pyrrole nitrogens is 1. The molecule has 0 aromatic carbocycles. The Balaban J connectivity index is 2.99. The molecule has 18 heavy (non-hydrogen) atoms. The largest absolute Gasteiger partial charge is 0.477 e. The summed E-state index contributed by atoms with van der Waals surface area (Å²) in [5.41, 5.74) is -1.96. The molecule has 7 heteroatoms. The van der Waals surface area contributed by atoms with Crippen molar-refractivity contribution in [2.24, 2.45) is 0 Å². The molecule has 0 radical (unpaired) electrons. The van der Waals surface area contributed by atoms with Crippen LogP contribution in [-0.2, 0) is 4.74 Å². The number of rotatable bonds is 2. The molecule has 1 heterocycles. The number of aromatic carboxylic acids is 1. The van der Waals surface area contributed by atoms with Crippen molar-refractivity contribution in [3.05, 3.63) is 28.0 Å². The summed E-state index contributed by atoms with van der Waals surface area (Å²) in [5.74, 6) is -1.63. The predicted octanol–water partition coefficient (Wildman–Crippen LogP) is 1.42. The number of carboxylic acids is 1. The summed E-state index contributed by atoms with van der Waals surface area (Å²) in [6.45, 7) is 5.00. The lowest BCUT2D eigenvalue weighted by Crippen LogP contribution is -2.29. The van der Waals surface area contributed by atoms with E-state index in [1.165, 1.54) is 6.20 Å².